The van der Waals surface area contributed by atoms with Crippen LogP contribution in [0.1, 0.15) is 77.7 Å². The summed E-state index contributed by atoms with van der Waals surface area (Å²) in [6.45, 7) is 6.69. The van der Waals surface area contributed by atoms with E-state index in [0.717, 1.165) is 65.5 Å². The van der Waals surface area contributed by atoms with Crippen molar-refractivity contribution in [3.8, 4) is 23.0 Å². The van der Waals surface area contributed by atoms with Crippen LogP contribution in [0.2, 0.25) is 0 Å². The maximum absolute atomic E-state index is 11.6. The lowest BCUT2D eigenvalue weighted by Crippen LogP contribution is -2.34. The molecule has 0 spiro atoms. The number of carbonyl (C=O) groups is 2. The van der Waals surface area contributed by atoms with Crippen molar-refractivity contribution >= 4 is 62.3 Å². The lowest BCUT2D eigenvalue weighted by atomic mass is 9.85. The molecule has 4 aliphatic heterocycles. The molecule has 2 amide bonds. The van der Waals surface area contributed by atoms with Crippen LogP contribution in [0, 0.1) is 11.8 Å². The number of pyridine rings is 2. The fourth-order valence-corrected chi connectivity index (χ4v) is 8.42. The molecule has 6 atom stereocenters. The summed E-state index contributed by atoms with van der Waals surface area (Å²) in [6, 6.07) is 3.47. The zero-order chi connectivity index (χ0) is 44.9. The number of halogens is 1. The van der Waals surface area contributed by atoms with Crippen molar-refractivity contribution in [3.05, 3.63) is 53.8 Å². The molecule has 0 radical (unpaired) electrons. The smallest absolute Gasteiger partial charge is 0.474 e. The SMILES string of the molecule is Brc1cnn(C2CCCCO2)c1.C[C@@H](Oc1nc(-c2cnn(C3CCCCO3)c2)cc2nn(C)cc12)[C@H]1CNC(=O)C1.C[C@@H](Oc1nc(B(O)O)cc2nn(C)cc12)[C@H]1CNC(=O)C1. The molecule has 10 heterocycles. The summed E-state index contributed by atoms with van der Waals surface area (Å²) in [6.07, 6.45) is 18.6. The first-order valence-electron chi connectivity index (χ1n) is 21.8. The molecular formula is C42H54BBrN12O8. The lowest BCUT2D eigenvalue weighted by molar-refractivity contribution is -0.120. The Morgan fingerprint density at radius 3 is 1.77 bits per heavy atom. The van der Waals surface area contributed by atoms with Crippen molar-refractivity contribution in [2.75, 3.05) is 26.3 Å². The van der Waals surface area contributed by atoms with Crippen LogP contribution in [0.3, 0.4) is 0 Å². The van der Waals surface area contributed by atoms with Crippen LogP contribution < -0.4 is 25.7 Å². The van der Waals surface area contributed by atoms with Gasteiger partial charge in [0.15, 0.2) is 0 Å². The molecule has 10 rings (SSSR count). The number of amides is 2. The monoisotopic (exact) mass is 944 g/mol. The highest BCUT2D eigenvalue weighted by molar-refractivity contribution is 9.10. The van der Waals surface area contributed by atoms with Gasteiger partial charge in [-0.25, -0.2) is 19.3 Å². The van der Waals surface area contributed by atoms with Gasteiger partial charge in [-0.3, -0.25) is 19.0 Å². The van der Waals surface area contributed by atoms with E-state index in [1.54, 1.807) is 28.8 Å². The molecular weight excluding hydrogens is 891 g/mol. The molecule has 4 fully saturated rings. The molecule has 20 nitrogen and oxygen atoms in total. The molecule has 0 aliphatic carbocycles. The first-order chi connectivity index (χ1) is 30.9. The summed E-state index contributed by atoms with van der Waals surface area (Å²) in [7, 11) is 1.95. The molecule has 0 saturated carbocycles. The van der Waals surface area contributed by atoms with Crippen LogP contribution in [-0.2, 0) is 33.2 Å². The minimum absolute atomic E-state index is 0.0134. The maximum atomic E-state index is 11.6. The number of hydrogen-bond donors (Lipinski definition) is 4. The zero-order valence-electron chi connectivity index (χ0n) is 36.3. The Bertz CT molecular complexity index is 2550. The Morgan fingerprint density at radius 1 is 0.750 bits per heavy atom. The van der Waals surface area contributed by atoms with Gasteiger partial charge < -0.3 is 39.6 Å². The summed E-state index contributed by atoms with van der Waals surface area (Å²) in [5.41, 5.74) is 3.11. The van der Waals surface area contributed by atoms with Gasteiger partial charge in [0.2, 0.25) is 23.6 Å². The summed E-state index contributed by atoms with van der Waals surface area (Å²) >= 11 is 3.36. The van der Waals surface area contributed by atoms with Crippen LogP contribution in [0.4, 0.5) is 0 Å². The highest BCUT2D eigenvalue weighted by Gasteiger charge is 2.31. The van der Waals surface area contributed by atoms with Gasteiger partial charge >= 0.3 is 7.12 Å². The Kier molecular flexibility index (Phi) is 14.2. The topological polar surface area (TPSA) is 233 Å². The van der Waals surface area contributed by atoms with Crippen LogP contribution in [0.5, 0.6) is 11.8 Å². The van der Waals surface area contributed by atoms with E-state index in [1.165, 1.54) is 18.9 Å². The summed E-state index contributed by atoms with van der Waals surface area (Å²) in [4.78, 5) is 31.9. The highest BCUT2D eigenvalue weighted by Crippen LogP contribution is 2.32. The van der Waals surface area contributed by atoms with E-state index in [4.69, 9.17) is 23.9 Å². The number of fused-ring (bicyclic) bond motifs is 2. The number of aromatic nitrogens is 10. The zero-order valence-corrected chi connectivity index (χ0v) is 37.9. The van der Waals surface area contributed by atoms with E-state index >= 15 is 0 Å². The molecule has 22 heteroatoms. The summed E-state index contributed by atoms with van der Waals surface area (Å²) in [5, 5.41) is 43.4. The maximum Gasteiger partial charge on any atom is 0.508 e. The molecule has 6 aromatic rings. The Hall–Kier alpha value is -5.42. The Morgan fingerprint density at radius 2 is 1.28 bits per heavy atom. The van der Waals surface area contributed by atoms with Gasteiger partial charge in [0.1, 0.15) is 24.7 Å². The number of hydrogen-bond acceptors (Lipinski definition) is 14. The quantitative estimate of drug-likeness (QED) is 0.144. The Labute approximate surface area is 378 Å². The van der Waals surface area contributed by atoms with Gasteiger partial charge in [0, 0.05) is 95.4 Å². The average molecular weight is 946 g/mol. The largest absolute Gasteiger partial charge is 0.508 e. The van der Waals surface area contributed by atoms with E-state index in [-0.39, 0.29) is 53.9 Å². The first-order valence-corrected chi connectivity index (χ1v) is 22.5. The van der Waals surface area contributed by atoms with Gasteiger partial charge in [-0.1, -0.05) is 0 Å². The van der Waals surface area contributed by atoms with Crippen LogP contribution in [0.25, 0.3) is 33.1 Å². The number of carbonyl (C=O) groups excluding carboxylic acids is 2. The lowest BCUT2D eigenvalue weighted by Gasteiger charge is -2.22. The molecule has 6 aromatic heterocycles. The van der Waals surface area contributed by atoms with E-state index in [0.29, 0.717) is 48.6 Å². The van der Waals surface area contributed by atoms with Crippen LogP contribution in [0.15, 0.2) is 53.8 Å². The number of aryl methyl sites for hydroxylation is 2. The van der Waals surface area contributed by atoms with Crippen molar-refractivity contribution in [2.45, 2.75) is 89.9 Å². The predicted molar refractivity (Wildman–Crippen MR) is 238 cm³/mol. The standard InChI is InChI=1S/C21H26N6O3.C13H17BN4O4.C8H11BrN2O/c1-13(14-7-19(28)22-9-14)30-21-16-12-26(2)25-18(16)8-17(24-21)15-10-23-27(11-15)20-5-3-4-6-29-20;1-7(8-3-12(19)15-5-8)22-13-9-6-18(2)17-10(9)4-11(16-13)14(20)21;9-7-5-10-11(6-7)8-3-1-2-4-12-8/h8,10-14,20H,3-7,9H2,1-2H3,(H,22,28);4,6-8,20-21H,3,5H2,1-2H3,(H,15,19);5-6,8H,1-4H2/t13-,14-,20?;7-,8-;/m11./s1. The molecule has 4 aliphatic rings. The number of nitrogens with one attached hydrogen (secondary N) is 2. The highest BCUT2D eigenvalue weighted by atomic mass is 79.9. The van der Waals surface area contributed by atoms with Crippen molar-refractivity contribution in [2.24, 2.45) is 25.9 Å². The summed E-state index contributed by atoms with van der Waals surface area (Å²) in [5.74, 6) is 1.09. The molecule has 0 bridgehead atoms. The molecule has 340 valence electrons. The van der Waals surface area contributed by atoms with E-state index in [9.17, 15) is 19.6 Å². The van der Waals surface area contributed by atoms with Crippen molar-refractivity contribution in [3.63, 3.8) is 0 Å². The average Bonchev–Trinajstić information content (AvgIpc) is 4.16. The molecule has 2 unspecified atom stereocenters. The molecule has 4 N–H and O–H groups in total. The van der Waals surface area contributed by atoms with E-state index < -0.39 is 7.12 Å². The Balaban J connectivity index is 0.000000144. The third-order valence-electron chi connectivity index (χ3n) is 11.8. The van der Waals surface area contributed by atoms with Gasteiger partial charge in [0.25, 0.3) is 0 Å². The third-order valence-corrected chi connectivity index (χ3v) is 12.2. The molecule has 4 saturated heterocycles. The number of nitrogens with zero attached hydrogens (tertiary/aromatic N) is 10. The van der Waals surface area contributed by atoms with E-state index in [2.05, 4.69) is 51.9 Å². The van der Waals surface area contributed by atoms with Crippen LogP contribution in [-0.4, -0.2) is 117 Å². The van der Waals surface area contributed by atoms with Gasteiger partial charge in [-0.2, -0.15) is 20.4 Å². The fourth-order valence-electron chi connectivity index (χ4n) is 8.12. The molecule has 64 heavy (non-hydrogen) atoms. The summed E-state index contributed by atoms with van der Waals surface area (Å²) < 4.78 is 31.7. The predicted octanol–water partition coefficient (Wildman–Crippen LogP) is 3.33. The third kappa shape index (κ3) is 10.9. The first kappa shape index (κ1) is 45.2. The number of ether oxygens (including phenoxy) is 4. The van der Waals surface area contributed by atoms with E-state index in [1.807, 2.05) is 61.1 Å². The fraction of sp³-hybridized carbons (Fsp3) is 0.524. The second-order valence-electron chi connectivity index (χ2n) is 16.7. The minimum atomic E-state index is -1.70. The second-order valence-corrected chi connectivity index (χ2v) is 17.6. The van der Waals surface area contributed by atoms with Gasteiger partial charge in [0.05, 0.1) is 50.0 Å². The van der Waals surface area contributed by atoms with Crippen LogP contribution >= 0.6 is 15.9 Å². The van der Waals surface area contributed by atoms with Gasteiger partial charge in [-0.15, -0.1) is 0 Å². The normalized spacial score (nSPS) is 21.9. The van der Waals surface area contributed by atoms with Crippen molar-refractivity contribution < 1.29 is 38.6 Å². The molecule has 0 aromatic carbocycles. The van der Waals surface area contributed by atoms with Gasteiger partial charge in [-0.05, 0) is 80.4 Å². The minimum Gasteiger partial charge on any atom is -0.474 e. The van der Waals surface area contributed by atoms with Crippen molar-refractivity contribution in [1.82, 2.24) is 59.7 Å². The van der Waals surface area contributed by atoms with Crippen molar-refractivity contribution in [1.29, 1.82) is 0 Å². The second kappa shape index (κ2) is 20.2. The number of rotatable bonds is 10.